The molecule has 5 aromatic carbocycles. The SMILES string of the molecule is CN(CCCNC(=O)OC(C)(C)C)CCCNc1c(NCCCN(C)CCCNc2c(NCCCN(C)CCCNc3c(NCCCN(C)CCCNc4c(NCCCN(C)CCCNc5c(NCCCN(C)CCCNC(=O)OC(C)(C)C)c(=O)c5=O)c(=O)c4=O)c(=O)c3=O)c(=O)c2=O)c(=O)c1=O. The van der Waals surface area contributed by atoms with E-state index in [9.17, 15) is 57.5 Å². The van der Waals surface area contributed by atoms with Gasteiger partial charge in [-0.3, -0.25) is 47.9 Å². The summed E-state index contributed by atoms with van der Waals surface area (Å²) in [6.45, 7) is 25.9. The Morgan fingerprint density at radius 2 is 0.346 bits per heavy atom. The van der Waals surface area contributed by atoms with E-state index in [1.165, 1.54) is 0 Å². The number of hydrogen-bond acceptors (Lipinski definition) is 30. The molecule has 0 fully saturated rings. The predicted octanol–water partition coefficient (Wildman–Crippen LogP) is 1.91. The van der Waals surface area contributed by atoms with E-state index in [0.29, 0.717) is 161 Å². The highest BCUT2D eigenvalue weighted by Crippen LogP contribution is 2.19. The van der Waals surface area contributed by atoms with Crippen LogP contribution in [0.3, 0.4) is 0 Å². The number of nitrogens with one attached hydrogen (secondary N) is 12. The molecule has 0 spiro atoms. The van der Waals surface area contributed by atoms with Crippen LogP contribution in [0.25, 0.3) is 0 Å². The van der Waals surface area contributed by atoms with E-state index in [0.717, 1.165) is 130 Å². The summed E-state index contributed by atoms with van der Waals surface area (Å²) in [6.07, 6.45) is 7.93. The minimum Gasteiger partial charge on any atom is -0.444 e. The fraction of sp³-hybridized carbons (Fsp3) is 0.694. The zero-order chi connectivity index (χ0) is 76.5. The highest BCUT2D eigenvalue weighted by Gasteiger charge is 2.26. The molecule has 0 aliphatic heterocycles. The second-order valence-electron chi connectivity index (χ2n) is 29.2. The molecule has 12 N–H and O–H groups in total. The van der Waals surface area contributed by atoms with Crippen LogP contribution < -0.4 is 118 Å². The fourth-order valence-corrected chi connectivity index (χ4v) is 11.6. The normalized spacial score (nSPS) is 12.1. The third-order valence-electron chi connectivity index (χ3n) is 17.5. The summed E-state index contributed by atoms with van der Waals surface area (Å²) in [5.41, 5.74) is -3.28. The lowest BCUT2D eigenvalue weighted by molar-refractivity contribution is 0.0514. The van der Waals surface area contributed by atoms with E-state index in [-0.39, 0.29) is 0 Å². The van der Waals surface area contributed by atoms with E-state index < -0.39 is 77.7 Å². The zero-order valence-electron chi connectivity index (χ0n) is 63.9. The standard InChI is InChI=1S/C72H120N18O14/c1-71(2,3)103-69(101)83-35-23-47-89(11)45-21-33-81-57-55(65(97)67(57)99)79-31-19-43-87(9)41-17-29-77-53-51(61(93)63(53)95)75-27-15-39-85(7)37-13-25-73-49-50(60(92)59(49)91)74-26-14-38-86(8)40-16-28-76-52-54(64(96)62(52)94)78-30-18-42-88(10)44-20-32-80-56-58(68(100)66(56)98)82-34-22-46-90(12)48-24-36-84-70(102)104-72(4,5)6/h73-82H,13-48H2,1-12H3,(H,83,101)(H,84,102). The summed E-state index contributed by atoms with van der Waals surface area (Å²) >= 11 is 0. The maximum atomic E-state index is 12.5. The zero-order valence-corrected chi connectivity index (χ0v) is 63.9. The molecule has 0 bridgehead atoms. The van der Waals surface area contributed by atoms with Crippen LogP contribution in [0.15, 0.2) is 47.9 Å². The molecule has 582 valence electrons. The molecule has 0 saturated heterocycles. The molecular weight excluding hydrogens is 1340 g/mol. The first-order chi connectivity index (χ1) is 49.4. The minimum atomic E-state index is -0.544. The number of nitrogens with zero attached hydrogens (tertiary/aromatic N) is 6. The molecule has 0 aliphatic carbocycles. The molecule has 0 heterocycles. The lowest BCUT2D eigenvalue weighted by atomic mass is 10.1. The molecule has 32 heteroatoms. The van der Waals surface area contributed by atoms with Crippen molar-refractivity contribution in [3.05, 3.63) is 102 Å². The first-order valence-corrected chi connectivity index (χ1v) is 37.0. The first-order valence-electron chi connectivity index (χ1n) is 37.0. The van der Waals surface area contributed by atoms with Gasteiger partial charge in [-0.25, -0.2) is 9.59 Å². The molecule has 5 rings (SSSR count). The number of hydrogen-bond donors (Lipinski definition) is 12. The Labute approximate surface area is 610 Å². The van der Waals surface area contributed by atoms with Gasteiger partial charge in [0.15, 0.2) is 0 Å². The summed E-state index contributed by atoms with van der Waals surface area (Å²) in [4.78, 5) is 160. The third-order valence-corrected chi connectivity index (χ3v) is 17.5. The van der Waals surface area contributed by atoms with Crippen LogP contribution in [0.5, 0.6) is 0 Å². The first kappa shape index (κ1) is 86.3. The van der Waals surface area contributed by atoms with Crippen LogP contribution in [-0.4, -0.2) is 252 Å². The Hall–Kier alpha value is -8.30. The summed E-state index contributed by atoms with van der Waals surface area (Å²) in [7, 11) is 11.9. The second-order valence-corrected chi connectivity index (χ2v) is 29.2. The van der Waals surface area contributed by atoms with E-state index in [1.807, 2.05) is 83.8 Å². The topological polar surface area (TPSA) is 387 Å². The van der Waals surface area contributed by atoms with Crippen molar-refractivity contribution >= 4 is 69.1 Å². The average molecular weight is 1460 g/mol. The molecular formula is C72H120N18O14. The molecule has 0 saturated carbocycles. The summed E-state index contributed by atoms with van der Waals surface area (Å²) in [6, 6.07) is 0. The molecule has 0 aliphatic rings. The highest BCUT2D eigenvalue weighted by molar-refractivity contribution is 5.77. The number of anilines is 10. The predicted molar refractivity (Wildman–Crippen MR) is 421 cm³/mol. The van der Waals surface area contributed by atoms with Gasteiger partial charge in [-0.15, -0.1) is 0 Å². The average Bonchev–Trinajstić information content (AvgIpc) is 0.816. The molecule has 5 aromatic rings. The molecule has 32 nitrogen and oxygen atoms in total. The van der Waals surface area contributed by atoms with Crippen LogP contribution >= 0.6 is 0 Å². The van der Waals surface area contributed by atoms with Gasteiger partial charge in [0.25, 0.3) is 54.3 Å². The Bertz CT molecular complexity index is 3580. The molecule has 0 aromatic heterocycles. The Balaban J connectivity index is 0.829. The van der Waals surface area contributed by atoms with Crippen LogP contribution in [0, 0.1) is 0 Å². The molecule has 0 unspecified atom stereocenters. The van der Waals surface area contributed by atoms with Crippen molar-refractivity contribution in [1.82, 2.24) is 40.0 Å². The number of amides is 2. The monoisotopic (exact) mass is 1460 g/mol. The van der Waals surface area contributed by atoms with Crippen molar-refractivity contribution in [2.24, 2.45) is 0 Å². The van der Waals surface area contributed by atoms with E-state index in [4.69, 9.17) is 9.47 Å². The van der Waals surface area contributed by atoms with Gasteiger partial charge in [-0.1, -0.05) is 0 Å². The Kier molecular flexibility index (Phi) is 36.4. The van der Waals surface area contributed by atoms with Gasteiger partial charge >= 0.3 is 12.2 Å². The number of ether oxygens (including phenoxy) is 2. The lowest BCUT2D eigenvalue weighted by Crippen LogP contribution is -2.38. The smallest absolute Gasteiger partial charge is 0.407 e. The van der Waals surface area contributed by atoms with Crippen molar-refractivity contribution in [2.75, 3.05) is 253 Å². The molecule has 104 heavy (non-hydrogen) atoms. The fourth-order valence-electron chi connectivity index (χ4n) is 11.6. The van der Waals surface area contributed by atoms with Gasteiger partial charge in [0.1, 0.15) is 68.1 Å². The van der Waals surface area contributed by atoms with Crippen LogP contribution in [-0.2, 0) is 9.47 Å². The maximum Gasteiger partial charge on any atom is 0.407 e. The summed E-state index contributed by atoms with van der Waals surface area (Å²) in [5.74, 6) is 0. The highest BCUT2D eigenvalue weighted by atomic mass is 16.6. The van der Waals surface area contributed by atoms with Crippen molar-refractivity contribution in [2.45, 2.75) is 130 Å². The van der Waals surface area contributed by atoms with Crippen molar-refractivity contribution in [3.8, 4) is 0 Å². The van der Waals surface area contributed by atoms with Gasteiger partial charge in [0, 0.05) is 78.5 Å². The summed E-state index contributed by atoms with van der Waals surface area (Å²) < 4.78 is 10.5. The van der Waals surface area contributed by atoms with Crippen molar-refractivity contribution in [3.63, 3.8) is 0 Å². The maximum absolute atomic E-state index is 12.5. The van der Waals surface area contributed by atoms with Gasteiger partial charge in [-0.2, -0.15) is 0 Å². The quantitative estimate of drug-likeness (QED) is 0.0195. The van der Waals surface area contributed by atoms with E-state index >= 15 is 0 Å². The van der Waals surface area contributed by atoms with E-state index in [2.05, 4.69) is 93.2 Å². The van der Waals surface area contributed by atoms with Gasteiger partial charge < -0.3 is 103 Å². The van der Waals surface area contributed by atoms with Crippen LogP contribution in [0.2, 0.25) is 0 Å². The van der Waals surface area contributed by atoms with Crippen molar-refractivity contribution < 1.29 is 19.1 Å². The summed E-state index contributed by atoms with van der Waals surface area (Å²) in [5, 5.41) is 36.8. The van der Waals surface area contributed by atoms with Crippen molar-refractivity contribution in [1.29, 1.82) is 0 Å². The number of alkyl carbamates (subject to hydrolysis) is 2. The minimum absolute atomic E-state index is 0.298. The number of rotatable bonds is 58. The van der Waals surface area contributed by atoms with Crippen LogP contribution in [0.1, 0.15) is 119 Å². The molecule has 2 amide bonds. The largest absolute Gasteiger partial charge is 0.444 e. The Morgan fingerprint density at radius 3 is 0.462 bits per heavy atom. The lowest BCUT2D eigenvalue weighted by Gasteiger charge is -2.21. The van der Waals surface area contributed by atoms with Gasteiger partial charge in [0.2, 0.25) is 0 Å². The molecule has 0 radical (unpaired) electrons. The number of carbonyl (C=O) groups excluding carboxylic acids is 2. The van der Waals surface area contributed by atoms with Gasteiger partial charge in [0.05, 0.1) is 0 Å². The second kappa shape index (κ2) is 43.8. The Morgan fingerprint density at radius 1 is 0.231 bits per heavy atom. The third kappa shape index (κ3) is 29.3. The van der Waals surface area contributed by atoms with E-state index in [1.54, 1.807) is 0 Å². The van der Waals surface area contributed by atoms with Crippen LogP contribution in [0.4, 0.5) is 66.5 Å². The number of carbonyl (C=O) groups is 2. The molecule has 0 atom stereocenters. The van der Waals surface area contributed by atoms with Gasteiger partial charge in [-0.05, 0) is 239 Å².